The van der Waals surface area contributed by atoms with Crippen LogP contribution in [0.3, 0.4) is 0 Å². The van der Waals surface area contributed by atoms with Gasteiger partial charge < -0.3 is 10.5 Å². The molecule has 0 saturated heterocycles. The van der Waals surface area contributed by atoms with Crippen LogP contribution < -0.4 is 10.5 Å². The molecule has 0 radical (unpaired) electrons. The highest BCUT2D eigenvalue weighted by atomic mass is 16.5. The molecule has 0 fully saturated rings. The smallest absolute Gasteiger partial charge is 0.125 e. The highest BCUT2D eigenvalue weighted by Gasteiger charge is 2.28. The molecule has 2 nitrogen and oxygen atoms in total. The number of nitrogen functional groups attached to an aromatic ring is 1. The van der Waals surface area contributed by atoms with Crippen LogP contribution in [0, 0.1) is 0 Å². The van der Waals surface area contributed by atoms with Gasteiger partial charge in [-0.05, 0) is 19.1 Å². The third kappa shape index (κ3) is 0.876. The van der Waals surface area contributed by atoms with E-state index in [1.807, 2.05) is 18.2 Å². The van der Waals surface area contributed by atoms with Gasteiger partial charge in [0.1, 0.15) is 11.9 Å². The SMILES string of the molecule is CC1Oc2cccc(N)c2C1C. The number of hydrogen-bond acceptors (Lipinski definition) is 2. The maximum Gasteiger partial charge on any atom is 0.125 e. The van der Waals surface area contributed by atoms with Crippen molar-refractivity contribution in [1.29, 1.82) is 0 Å². The molecule has 1 heterocycles. The van der Waals surface area contributed by atoms with Crippen molar-refractivity contribution >= 4 is 5.69 Å². The molecular weight excluding hydrogens is 150 g/mol. The molecule has 0 spiro atoms. The van der Waals surface area contributed by atoms with Gasteiger partial charge in [0.05, 0.1) is 0 Å². The molecule has 1 aromatic carbocycles. The molecule has 2 unspecified atom stereocenters. The molecule has 0 bridgehead atoms. The predicted molar refractivity (Wildman–Crippen MR) is 49.4 cm³/mol. The second-order valence-corrected chi connectivity index (χ2v) is 3.37. The zero-order valence-corrected chi connectivity index (χ0v) is 7.37. The summed E-state index contributed by atoms with van der Waals surface area (Å²) in [4.78, 5) is 0. The zero-order chi connectivity index (χ0) is 8.72. The monoisotopic (exact) mass is 163 g/mol. The van der Waals surface area contributed by atoms with E-state index in [1.54, 1.807) is 0 Å². The molecule has 1 aliphatic heterocycles. The highest BCUT2D eigenvalue weighted by molar-refractivity contribution is 5.58. The Kier molecular flexibility index (Phi) is 1.50. The summed E-state index contributed by atoms with van der Waals surface area (Å²) in [7, 11) is 0. The number of nitrogens with two attached hydrogens (primary N) is 1. The van der Waals surface area contributed by atoms with E-state index in [0.717, 1.165) is 11.4 Å². The molecule has 0 aromatic heterocycles. The standard InChI is InChI=1S/C10H13NO/c1-6-7(2)12-9-5-3-4-8(11)10(6)9/h3-7H,11H2,1-2H3. The third-order valence-corrected chi connectivity index (χ3v) is 2.57. The van der Waals surface area contributed by atoms with Crippen LogP contribution in [0.1, 0.15) is 25.3 Å². The number of benzene rings is 1. The summed E-state index contributed by atoms with van der Waals surface area (Å²) >= 11 is 0. The number of hydrogen-bond donors (Lipinski definition) is 1. The Hall–Kier alpha value is -1.18. The van der Waals surface area contributed by atoms with Gasteiger partial charge in [-0.25, -0.2) is 0 Å². The number of ether oxygens (including phenoxy) is 1. The van der Waals surface area contributed by atoms with Crippen LogP contribution in [0.5, 0.6) is 5.75 Å². The molecule has 1 aromatic rings. The Morgan fingerprint density at radius 3 is 2.75 bits per heavy atom. The van der Waals surface area contributed by atoms with Crippen LogP contribution in [0.4, 0.5) is 5.69 Å². The lowest BCUT2D eigenvalue weighted by Crippen LogP contribution is -2.10. The summed E-state index contributed by atoms with van der Waals surface area (Å²) in [5.41, 5.74) is 7.87. The quantitative estimate of drug-likeness (QED) is 0.595. The molecule has 0 aliphatic carbocycles. The van der Waals surface area contributed by atoms with Gasteiger partial charge in [0.2, 0.25) is 0 Å². The van der Waals surface area contributed by atoms with E-state index in [9.17, 15) is 0 Å². The molecule has 2 atom stereocenters. The van der Waals surface area contributed by atoms with E-state index in [4.69, 9.17) is 10.5 Å². The predicted octanol–water partition coefficient (Wildman–Crippen LogP) is 2.15. The summed E-state index contributed by atoms with van der Waals surface area (Å²) in [6, 6.07) is 5.83. The summed E-state index contributed by atoms with van der Waals surface area (Å²) < 4.78 is 5.62. The largest absolute Gasteiger partial charge is 0.490 e. The van der Waals surface area contributed by atoms with Gasteiger partial charge in [0.25, 0.3) is 0 Å². The van der Waals surface area contributed by atoms with Gasteiger partial charge in [-0.15, -0.1) is 0 Å². The van der Waals surface area contributed by atoms with E-state index in [-0.39, 0.29) is 6.10 Å². The van der Waals surface area contributed by atoms with Crippen molar-refractivity contribution in [2.75, 3.05) is 5.73 Å². The maximum atomic E-state index is 5.84. The van der Waals surface area contributed by atoms with Crippen LogP contribution >= 0.6 is 0 Å². The van der Waals surface area contributed by atoms with Gasteiger partial charge in [-0.3, -0.25) is 0 Å². The van der Waals surface area contributed by atoms with Crippen molar-refractivity contribution < 1.29 is 4.74 Å². The number of fused-ring (bicyclic) bond motifs is 1. The molecule has 2 heteroatoms. The first-order valence-electron chi connectivity index (χ1n) is 4.25. The van der Waals surface area contributed by atoms with E-state index in [0.29, 0.717) is 5.92 Å². The maximum absolute atomic E-state index is 5.84. The van der Waals surface area contributed by atoms with Crippen molar-refractivity contribution in [1.82, 2.24) is 0 Å². The summed E-state index contributed by atoms with van der Waals surface area (Å²) in [6.07, 6.45) is 0.254. The molecule has 2 rings (SSSR count). The van der Waals surface area contributed by atoms with Crippen LogP contribution in [-0.2, 0) is 0 Å². The molecule has 1 aliphatic rings. The van der Waals surface area contributed by atoms with Gasteiger partial charge in [-0.2, -0.15) is 0 Å². The normalized spacial score (nSPS) is 26.5. The number of anilines is 1. The van der Waals surface area contributed by atoms with Crippen molar-refractivity contribution in [3.05, 3.63) is 23.8 Å². The van der Waals surface area contributed by atoms with Gasteiger partial charge in [-0.1, -0.05) is 13.0 Å². The van der Waals surface area contributed by atoms with E-state index in [1.165, 1.54) is 5.56 Å². The average molecular weight is 163 g/mol. The minimum absolute atomic E-state index is 0.254. The fourth-order valence-corrected chi connectivity index (χ4v) is 1.69. The lowest BCUT2D eigenvalue weighted by atomic mass is 9.97. The number of rotatable bonds is 0. The van der Waals surface area contributed by atoms with Gasteiger partial charge in [0.15, 0.2) is 0 Å². The lowest BCUT2D eigenvalue weighted by Gasteiger charge is -2.08. The fourth-order valence-electron chi connectivity index (χ4n) is 1.69. The average Bonchev–Trinajstić information content (AvgIpc) is 2.29. The molecule has 64 valence electrons. The Bertz CT molecular complexity index is 309. The van der Waals surface area contributed by atoms with Crippen molar-refractivity contribution in [2.24, 2.45) is 0 Å². The van der Waals surface area contributed by atoms with Crippen molar-refractivity contribution in [3.8, 4) is 5.75 Å². The molecule has 0 saturated carbocycles. The van der Waals surface area contributed by atoms with Crippen LogP contribution in [0.25, 0.3) is 0 Å². The fraction of sp³-hybridized carbons (Fsp3) is 0.400. The first kappa shape index (κ1) is 7.47. The second-order valence-electron chi connectivity index (χ2n) is 3.37. The Morgan fingerprint density at radius 2 is 2.08 bits per heavy atom. The Labute approximate surface area is 72.3 Å². The molecule has 0 amide bonds. The van der Waals surface area contributed by atoms with Crippen LogP contribution in [-0.4, -0.2) is 6.10 Å². The summed E-state index contributed by atoms with van der Waals surface area (Å²) in [6.45, 7) is 4.22. The minimum Gasteiger partial charge on any atom is -0.490 e. The van der Waals surface area contributed by atoms with Gasteiger partial charge >= 0.3 is 0 Å². The summed E-state index contributed by atoms with van der Waals surface area (Å²) in [5, 5.41) is 0. The van der Waals surface area contributed by atoms with E-state index in [2.05, 4.69) is 13.8 Å². The topological polar surface area (TPSA) is 35.2 Å². The molecular formula is C10H13NO. The molecule has 12 heavy (non-hydrogen) atoms. The Morgan fingerprint density at radius 1 is 1.33 bits per heavy atom. The van der Waals surface area contributed by atoms with Gasteiger partial charge in [0, 0.05) is 17.2 Å². The van der Waals surface area contributed by atoms with Crippen LogP contribution in [0.15, 0.2) is 18.2 Å². The minimum atomic E-state index is 0.254. The first-order chi connectivity index (χ1) is 5.70. The second kappa shape index (κ2) is 2.41. The third-order valence-electron chi connectivity index (χ3n) is 2.57. The van der Waals surface area contributed by atoms with E-state index < -0.39 is 0 Å². The molecule has 2 N–H and O–H groups in total. The van der Waals surface area contributed by atoms with E-state index >= 15 is 0 Å². The lowest BCUT2D eigenvalue weighted by molar-refractivity contribution is 0.232. The summed E-state index contributed by atoms with van der Waals surface area (Å²) in [5.74, 6) is 1.37. The zero-order valence-electron chi connectivity index (χ0n) is 7.37. The first-order valence-corrected chi connectivity index (χ1v) is 4.25. The highest BCUT2D eigenvalue weighted by Crippen LogP contribution is 2.40. The Balaban J connectivity index is 2.55. The van der Waals surface area contributed by atoms with Crippen LogP contribution in [0.2, 0.25) is 0 Å². The van der Waals surface area contributed by atoms with Crippen molar-refractivity contribution in [2.45, 2.75) is 25.9 Å². The van der Waals surface area contributed by atoms with Crippen molar-refractivity contribution in [3.63, 3.8) is 0 Å².